The molecular weight excluding hydrogens is 156 g/mol. The highest BCUT2D eigenvalue weighted by molar-refractivity contribution is 5.75. The minimum atomic E-state index is -0.952. The molecule has 0 radical (unpaired) electrons. The van der Waals surface area contributed by atoms with Crippen molar-refractivity contribution in [2.45, 2.75) is 12.5 Å². The zero-order valence-corrected chi connectivity index (χ0v) is 6.82. The summed E-state index contributed by atoms with van der Waals surface area (Å²) in [4.78, 5) is 10.7. The van der Waals surface area contributed by atoms with Gasteiger partial charge in [0.2, 0.25) is 0 Å². The number of hydrogen-bond donors (Lipinski definition) is 3. The Morgan fingerprint density at radius 1 is 1.75 bits per heavy atom. The first-order valence-corrected chi connectivity index (χ1v) is 3.62. The molecule has 12 heavy (non-hydrogen) atoms. The smallest absolute Gasteiger partial charge is 0.312 e. The predicted octanol–water partition coefficient (Wildman–Crippen LogP) is -0.183. The monoisotopic (exact) mass is 168 g/mol. The number of carboxylic acids is 1. The third-order valence-corrected chi connectivity index (χ3v) is 1.93. The lowest BCUT2D eigenvalue weighted by molar-refractivity contribution is -0.141. The fourth-order valence-corrected chi connectivity index (χ4v) is 1.14. The van der Waals surface area contributed by atoms with Gasteiger partial charge in [-0.05, 0) is 19.1 Å². The second-order valence-electron chi connectivity index (χ2n) is 3.18. The number of carbonyl (C=O) groups is 1. The van der Waals surface area contributed by atoms with Crippen molar-refractivity contribution >= 4 is 5.97 Å². The van der Waals surface area contributed by atoms with Crippen LogP contribution in [0.25, 0.3) is 0 Å². The van der Waals surface area contributed by atoms with Crippen molar-refractivity contribution < 1.29 is 9.90 Å². The maximum atomic E-state index is 10.7. The summed E-state index contributed by atoms with van der Waals surface area (Å²) in [7, 11) is 0. The zero-order chi connectivity index (χ0) is 9.35. The summed E-state index contributed by atoms with van der Waals surface area (Å²) in [5.41, 5.74) is 10.8. The van der Waals surface area contributed by atoms with Crippen molar-refractivity contribution in [1.29, 1.82) is 0 Å². The Morgan fingerprint density at radius 2 is 2.33 bits per heavy atom. The predicted molar refractivity (Wildman–Crippen MR) is 45.1 cm³/mol. The normalized spacial score (nSPS) is 34.5. The van der Waals surface area contributed by atoms with Crippen LogP contribution < -0.4 is 11.5 Å². The standard InChI is InChI=1S/C8H12N2O2/c1-8(10)3-2-5(9)4-6(8)7(11)12/h2-4,6H,9-10H2,1H3,(H,11,12). The molecule has 0 aromatic rings. The molecule has 0 aromatic carbocycles. The minimum absolute atomic E-state index is 0.449. The van der Waals surface area contributed by atoms with Crippen molar-refractivity contribution in [2.75, 3.05) is 0 Å². The fourth-order valence-electron chi connectivity index (χ4n) is 1.14. The van der Waals surface area contributed by atoms with E-state index in [9.17, 15) is 4.79 Å². The summed E-state index contributed by atoms with van der Waals surface area (Å²) in [5.74, 6) is -1.69. The molecule has 4 heteroatoms. The molecule has 4 nitrogen and oxygen atoms in total. The third kappa shape index (κ3) is 1.48. The molecule has 2 unspecified atom stereocenters. The number of allylic oxidation sites excluding steroid dienone is 1. The highest BCUT2D eigenvalue weighted by atomic mass is 16.4. The summed E-state index contributed by atoms with van der Waals surface area (Å²) in [6, 6.07) is 0. The van der Waals surface area contributed by atoms with Crippen LogP contribution in [0.5, 0.6) is 0 Å². The van der Waals surface area contributed by atoms with Gasteiger partial charge in [-0.25, -0.2) is 0 Å². The first kappa shape index (κ1) is 8.80. The molecule has 0 fully saturated rings. The van der Waals surface area contributed by atoms with Gasteiger partial charge in [0.15, 0.2) is 0 Å². The number of nitrogens with two attached hydrogens (primary N) is 2. The maximum absolute atomic E-state index is 10.7. The summed E-state index contributed by atoms with van der Waals surface area (Å²) in [5, 5.41) is 8.78. The van der Waals surface area contributed by atoms with Crippen molar-refractivity contribution in [3.63, 3.8) is 0 Å². The van der Waals surface area contributed by atoms with E-state index in [1.54, 1.807) is 19.1 Å². The molecule has 0 aromatic heterocycles. The van der Waals surface area contributed by atoms with Crippen LogP contribution in [0.3, 0.4) is 0 Å². The van der Waals surface area contributed by atoms with E-state index in [0.29, 0.717) is 5.70 Å². The van der Waals surface area contributed by atoms with E-state index in [0.717, 1.165) is 0 Å². The van der Waals surface area contributed by atoms with Gasteiger partial charge in [0.1, 0.15) is 0 Å². The van der Waals surface area contributed by atoms with Gasteiger partial charge < -0.3 is 16.6 Å². The SMILES string of the molecule is CC1(N)C=CC(N)=CC1C(=O)O. The summed E-state index contributed by atoms with van der Waals surface area (Å²) in [6.45, 7) is 1.66. The molecule has 2 atom stereocenters. The molecule has 0 saturated carbocycles. The van der Waals surface area contributed by atoms with Crippen LogP contribution in [0.1, 0.15) is 6.92 Å². The molecule has 1 aliphatic rings. The molecular formula is C8H12N2O2. The number of carboxylic acid groups (broad SMARTS) is 1. The quantitative estimate of drug-likeness (QED) is 0.506. The van der Waals surface area contributed by atoms with Crippen molar-refractivity contribution in [2.24, 2.45) is 17.4 Å². The van der Waals surface area contributed by atoms with E-state index in [1.165, 1.54) is 6.08 Å². The summed E-state index contributed by atoms with van der Waals surface area (Å²) < 4.78 is 0. The first-order valence-electron chi connectivity index (χ1n) is 3.62. The molecule has 1 aliphatic carbocycles. The second kappa shape index (κ2) is 2.64. The van der Waals surface area contributed by atoms with Crippen LogP contribution in [0, 0.1) is 5.92 Å². The number of hydrogen-bond acceptors (Lipinski definition) is 3. The van der Waals surface area contributed by atoms with Crippen LogP contribution >= 0.6 is 0 Å². The Balaban J connectivity index is 2.98. The topological polar surface area (TPSA) is 89.3 Å². The van der Waals surface area contributed by atoms with Gasteiger partial charge in [-0.3, -0.25) is 4.79 Å². The Hall–Kier alpha value is -1.29. The molecule has 0 bridgehead atoms. The molecule has 1 rings (SSSR count). The Morgan fingerprint density at radius 3 is 2.75 bits per heavy atom. The highest BCUT2D eigenvalue weighted by Gasteiger charge is 2.33. The molecule has 0 spiro atoms. The van der Waals surface area contributed by atoms with E-state index in [2.05, 4.69) is 0 Å². The van der Waals surface area contributed by atoms with Crippen LogP contribution in [0.15, 0.2) is 23.9 Å². The van der Waals surface area contributed by atoms with Gasteiger partial charge in [0.05, 0.1) is 5.92 Å². The molecule has 0 saturated heterocycles. The number of aliphatic carboxylic acids is 1. The van der Waals surface area contributed by atoms with E-state index in [1.807, 2.05) is 0 Å². The largest absolute Gasteiger partial charge is 0.481 e. The van der Waals surface area contributed by atoms with E-state index in [-0.39, 0.29) is 0 Å². The highest BCUT2D eigenvalue weighted by Crippen LogP contribution is 2.23. The van der Waals surface area contributed by atoms with Gasteiger partial charge in [0, 0.05) is 11.2 Å². The lowest BCUT2D eigenvalue weighted by Crippen LogP contribution is -2.46. The van der Waals surface area contributed by atoms with Crippen LogP contribution in [-0.2, 0) is 4.79 Å². The van der Waals surface area contributed by atoms with Crippen LogP contribution in [-0.4, -0.2) is 16.6 Å². The van der Waals surface area contributed by atoms with Crippen LogP contribution in [0.2, 0.25) is 0 Å². The van der Waals surface area contributed by atoms with E-state index < -0.39 is 17.4 Å². The average Bonchev–Trinajstić information content (AvgIpc) is 1.94. The first-order chi connectivity index (χ1) is 5.43. The molecule has 0 amide bonds. The Kier molecular flexibility index (Phi) is 1.94. The van der Waals surface area contributed by atoms with Crippen molar-refractivity contribution in [3.8, 4) is 0 Å². The molecule has 0 aliphatic heterocycles. The minimum Gasteiger partial charge on any atom is -0.481 e. The van der Waals surface area contributed by atoms with Gasteiger partial charge in [-0.1, -0.05) is 6.08 Å². The Bertz CT molecular complexity index is 266. The number of rotatable bonds is 1. The van der Waals surface area contributed by atoms with Gasteiger partial charge in [-0.2, -0.15) is 0 Å². The molecule has 5 N–H and O–H groups in total. The average molecular weight is 168 g/mol. The van der Waals surface area contributed by atoms with Gasteiger partial charge in [0.25, 0.3) is 0 Å². The zero-order valence-electron chi connectivity index (χ0n) is 6.82. The van der Waals surface area contributed by atoms with Crippen molar-refractivity contribution in [1.82, 2.24) is 0 Å². The van der Waals surface area contributed by atoms with Crippen LogP contribution in [0.4, 0.5) is 0 Å². The lowest BCUT2D eigenvalue weighted by Gasteiger charge is -2.28. The fraction of sp³-hybridized carbons (Fsp3) is 0.375. The molecule has 66 valence electrons. The van der Waals surface area contributed by atoms with Crippen molar-refractivity contribution in [3.05, 3.63) is 23.9 Å². The van der Waals surface area contributed by atoms with E-state index in [4.69, 9.17) is 16.6 Å². The molecule has 0 heterocycles. The lowest BCUT2D eigenvalue weighted by atomic mass is 9.82. The third-order valence-electron chi connectivity index (χ3n) is 1.93. The maximum Gasteiger partial charge on any atom is 0.312 e. The Labute approximate surface area is 70.5 Å². The second-order valence-corrected chi connectivity index (χ2v) is 3.18. The summed E-state index contributed by atoms with van der Waals surface area (Å²) in [6.07, 6.45) is 4.70. The van der Waals surface area contributed by atoms with Gasteiger partial charge >= 0.3 is 5.97 Å². The van der Waals surface area contributed by atoms with E-state index >= 15 is 0 Å². The van der Waals surface area contributed by atoms with Gasteiger partial charge in [-0.15, -0.1) is 0 Å². The summed E-state index contributed by atoms with van der Waals surface area (Å²) >= 11 is 0.